The van der Waals surface area contributed by atoms with Crippen LogP contribution in [0, 0.1) is 5.92 Å². The van der Waals surface area contributed by atoms with Crippen LogP contribution in [0.4, 0.5) is 0 Å². The summed E-state index contributed by atoms with van der Waals surface area (Å²) in [7, 11) is 1.58. The normalized spacial score (nSPS) is 16.4. The number of carbonyl (C=O) groups is 2. The predicted molar refractivity (Wildman–Crippen MR) is 77.3 cm³/mol. The lowest BCUT2D eigenvalue weighted by atomic mass is 9.97. The van der Waals surface area contributed by atoms with E-state index in [9.17, 15) is 9.59 Å². The number of likely N-dealkylation sites (tertiary alicyclic amines) is 1. The van der Waals surface area contributed by atoms with E-state index >= 15 is 0 Å². The van der Waals surface area contributed by atoms with Gasteiger partial charge in [-0.3, -0.25) is 14.5 Å². The molecule has 1 amide bonds. The van der Waals surface area contributed by atoms with Crippen LogP contribution in [0.2, 0.25) is 0 Å². The summed E-state index contributed by atoms with van der Waals surface area (Å²) >= 11 is 0. The average Bonchev–Trinajstić information content (AvgIpc) is 2.53. The number of benzene rings is 1. The number of ether oxygens (including phenoxy) is 1. The number of hydrogen-bond acceptors (Lipinski definition) is 4. The second-order valence-corrected chi connectivity index (χ2v) is 5.12. The van der Waals surface area contributed by atoms with Gasteiger partial charge < -0.3 is 15.2 Å². The highest BCUT2D eigenvalue weighted by molar-refractivity contribution is 5.94. The van der Waals surface area contributed by atoms with E-state index in [0.29, 0.717) is 43.9 Å². The van der Waals surface area contributed by atoms with Crippen LogP contribution >= 0.6 is 0 Å². The minimum Gasteiger partial charge on any atom is -0.497 e. The largest absolute Gasteiger partial charge is 0.497 e. The number of carboxylic acids is 1. The first-order valence-corrected chi connectivity index (χ1v) is 6.97. The van der Waals surface area contributed by atoms with Gasteiger partial charge in [0.15, 0.2) is 0 Å². The Morgan fingerprint density at radius 2 is 1.90 bits per heavy atom. The molecule has 1 aromatic carbocycles. The Morgan fingerprint density at radius 1 is 1.29 bits per heavy atom. The van der Waals surface area contributed by atoms with E-state index in [4.69, 9.17) is 9.84 Å². The van der Waals surface area contributed by atoms with Gasteiger partial charge in [0.2, 0.25) is 0 Å². The number of nitrogens with zero attached hydrogens (tertiary/aromatic N) is 1. The van der Waals surface area contributed by atoms with E-state index in [2.05, 4.69) is 10.2 Å². The van der Waals surface area contributed by atoms with E-state index in [-0.39, 0.29) is 11.8 Å². The van der Waals surface area contributed by atoms with Gasteiger partial charge in [-0.15, -0.1) is 0 Å². The molecule has 2 N–H and O–H groups in total. The number of piperidine rings is 1. The predicted octanol–water partition coefficient (Wildman–Crippen LogP) is 1.18. The molecule has 0 unspecified atom stereocenters. The first-order valence-electron chi connectivity index (χ1n) is 6.97. The molecule has 0 aliphatic carbocycles. The molecule has 1 aliphatic heterocycles. The molecule has 2 rings (SSSR count). The van der Waals surface area contributed by atoms with Crippen molar-refractivity contribution in [2.24, 2.45) is 5.92 Å². The Bertz CT molecular complexity index is 493. The molecule has 0 aromatic heterocycles. The summed E-state index contributed by atoms with van der Waals surface area (Å²) < 4.78 is 5.05. The van der Waals surface area contributed by atoms with Gasteiger partial charge in [0.05, 0.1) is 19.7 Å². The summed E-state index contributed by atoms with van der Waals surface area (Å²) in [4.78, 5) is 24.9. The van der Waals surface area contributed by atoms with Crippen LogP contribution in [0.1, 0.15) is 23.2 Å². The number of hydrogen-bond donors (Lipinski definition) is 2. The molecule has 1 saturated heterocycles. The standard InChI is InChI=1S/C15H20N2O4/c1-21-13-4-2-11(3-5-13)14(18)16-10-17-8-6-12(7-9-17)15(19)20/h2-5,12H,6-10H2,1H3,(H,16,18)(H,19,20). The Labute approximate surface area is 123 Å². The topological polar surface area (TPSA) is 78.9 Å². The highest BCUT2D eigenvalue weighted by Gasteiger charge is 2.24. The van der Waals surface area contributed by atoms with E-state index in [1.54, 1.807) is 31.4 Å². The third kappa shape index (κ3) is 4.19. The molecule has 6 nitrogen and oxygen atoms in total. The number of rotatable bonds is 5. The molecule has 0 spiro atoms. The minimum absolute atomic E-state index is 0.141. The third-order valence-corrected chi connectivity index (χ3v) is 3.75. The van der Waals surface area contributed by atoms with Crippen LogP contribution in [0.3, 0.4) is 0 Å². The fourth-order valence-corrected chi connectivity index (χ4v) is 2.37. The van der Waals surface area contributed by atoms with Crippen LogP contribution in [0.5, 0.6) is 5.75 Å². The zero-order valence-corrected chi connectivity index (χ0v) is 12.0. The molecule has 0 bridgehead atoms. The molecule has 1 heterocycles. The molecule has 21 heavy (non-hydrogen) atoms. The lowest BCUT2D eigenvalue weighted by Gasteiger charge is -2.29. The fraction of sp³-hybridized carbons (Fsp3) is 0.467. The number of methoxy groups -OCH3 is 1. The number of carboxylic acid groups (broad SMARTS) is 1. The van der Waals surface area contributed by atoms with Crippen LogP contribution in [-0.2, 0) is 4.79 Å². The van der Waals surface area contributed by atoms with Crippen molar-refractivity contribution in [2.75, 3.05) is 26.9 Å². The third-order valence-electron chi connectivity index (χ3n) is 3.75. The van der Waals surface area contributed by atoms with E-state index < -0.39 is 5.97 Å². The minimum atomic E-state index is -0.725. The number of nitrogens with one attached hydrogen (secondary N) is 1. The zero-order valence-electron chi connectivity index (χ0n) is 12.0. The van der Waals surface area contributed by atoms with Gasteiger partial charge in [0.1, 0.15) is 5.75 Å². The van der Waals surface area contributed by atoms with Gasteiger partial charge in [-0.1, -0.05) is 0 Å². The maximum atomic E-state index is 12.0. The van der Waals surface area contributed by atoms with Crippen molar-refractivity contribution in [3.63, 3.8) is 0 Å². The summed E-state index contributed by atoms with van der Waals surface area (Å²) in [5.41, 5.74) is 0.580. The zero-order chi connectivity index (χ0) is 15.2. The molecular weight excluding hydrogens is 272 g/mol. The van der Waals surface area contributed by atoms with Crippen molar-refractivity contribution >= 4 is 11.9 Å². The van der Waals surface area contributed by atoms with Gasteiger partial charge in [-0.05, 0) is 37.1 Å². The van der Waals surface area contributed by atoms with Gasteiger partial charge >= 0.3 is 5.97 Å². The van der Waals surface area contributed by atoms with Crippen LogP contribution < -0.4 is 10.1 Å². The fourth-order valence-electron chi connectivity index (χ4n) is 2.37. The van der Waals surface area contributed by atoms with E-state index in [0.717, 1.165) is 0 Å². The second kappa shape index (κ2) is 7.08. The molecule has 1 fully saturated rings. The van der Waals surface area contributed by atoms with Gasteiger partial charge in [-0.2, -0.15) is 0 Å². The van der Waals surface area contributed by atoms with Crippen molar-refractivity contribution in [1.82, 2.24) is 10.2 Å². The maximum absolute atomic E-state index is 12.0. The maximum Gasteiger partial charge on any atom is 0.306 e. The number of amides is 1. The smallest absolute Gasteiger partial charge is 0.306 e. The second-order valence-electron chi connectivity index (χ2n) is 5.12. The quantitative estimate of drug-likeness (QED) is 0.852. The van der Waals surface area contributed by atoms with Crippen LogP contribution in [-0.4, -0.2) is 48.8 Å². The molecular formula is C15H20N2O4. The monoisotopic (exact) mass is 292 g/mol. The molecule has 6 heteroatoms. The lowest BCUT2D eigenvalue weighted by Crippen LogP contribution is -2.43. The Kier molecular flexibility index (Phi) is 5.16. The van der Waals surface area contributed by atoms with Crippen molar-refractivity contribution in [1.29, 1.82) is 0 Å². The van der Waals surface area contributed by atoms with Gasteiger partial charge in [-0.25, -0.2) is 0 Å². The van der Waals surface area contributed by atoms with E-state index in [1.165, 1.54) is 0 Å². The van der Waals surface area contributed by atoms with E-state index in [1.807, 2.05) is 0 Å². The van der Waals surface area contributed by atoms with Crippen LogP contribution in [0.15, 0.2) is 24.3 Å². The van der Waals surface area contributed by atoms with Crippen molar-refractivity contribution < 1.29 is 19.4 Å². The Hall–Kier alpha value is -2.08. The molecule has 1 aliphatic rings. The van der Waals surface area contributed by atoms with Crippen LogP contribution in [0.25, 0.3) is 0 Å². The number of carbonyl (C=O) groups excluding carboxylic acids is 1. The van der Waals surface area contributed by atoms with Gasteiger partial charge in [0.25, 0.3) is 5.91 Å². The highest BCUT2D eigenvalue weighted by atomic mass is 16.5. The van der Waals surface area contributed by atoms with Crippen molar-refractivity contribution in [3.8, 4) is 5.75 Å². The Balaban J connectivity index is 1.77. The number of aliphatic carboxylic acids is 1. The summed E-state index contributed by atoms with van der Waals surface area (Å²) in [6, 6.07) is 6.91. The molecule has 0 atom stereocenters. The summed E-state index contributed by atoms with van der Waals surface area (Å²) in [6.07, 6.45) is 1.27. The van der Waals surface area contributed by atoms with Gasteiger partial charge in [0, 0.05) is 18.7 Å². The van der Waals surface area contributed by atoms with Crippen molar-refractivity contribution in [3.05, 3.63) is 29.8 Å². The first kappa shape index (κ1) is 15.3. The molecule has 0 saturated carbocycles. The van der Waals surface area contributed by atoms with Crippen molar-refractivity contribution in [2.45, 2.75) is 12.8 Å². The molecule has 114 valence electrons. The summed E-state index contributed by atoms with van der Waals surface area (Å²) in [6.45, 7) is 1.83. The lowest BCUT2D eigenvalue weighted by molar-refractivity contribution is -0.143. The Morgan fingerprint density at radius 3 is 2.43 bits per heavy atom. The summed E-state index contributed by atoms with van der Waals surface area (Å²) in [5.74, 6) is -0.407. The average molecular weight is 292 g/mol. The summed E-state index contributed by atoms with van der Waals surface area (Å²) in [5, 5.41) is 11.8. The molecule has 0 radical (unpaired) electrons. The molecule has 1 aromatic rings. The first-order chi connectivity index (χ1) is 10.1. The highest BCUT2D eigenvalue weighted by Crippen LogP contribution is 2.16. The SMILES string of the molecule is COc1ccc(C(=O)NCN2CCC(C(=O)O)CC2)cc1.